The standard InChI is InChI=1S/C21H24F3N7O2S/c1-13(25)15-6-4-14(5-7-15)10-18-28-11-16(21(22,23)24)19(30-18)29-12-17-20(27-9-8-26-17)31(2)34(3,32)33/h4-9,11,13H,10,12,25H2,1-3H3,(H,28,29,30)/t13-/m0/s1. The van der Waals surface area contributed by atoms with E-state index in [1.165, 1.54) is 19.4 Å². The second-order valence-electron chi connectivity index (χ2n) is 7.66. The van der Waals surface area contributed by atoms with Crippen molar-refractivity contribution in [3.8, 4) is 0 Å². The number of hydrogen-bond donors (Lipinski definition) is 2. The number of sulfonamides is 1. The fourth-order valence-corrected chi connectivity index (χ4v) is 3.51. The van der Waals surface area contributed by atoms with Gasteiger partial charge in [0, 0.05) is 38.1 Å². The summed E-state index contributed by atoms with van der Waals surface area (Å²) >= 11 is 0. The van der Waals surface area contributed by atoms with Gasteiger partial charge in [-0.2, -0.15) is 13.2 Å². The van der Waals surface area contributed by atoms with E-state index in [4.69, 9.17) is 5.73 Å². The molecule has 9 nitrogen and oxygen atoms in total. The zero-order chi connectivity index (χ0) is 25.1. The Balaban J connectivity index is 1.89. The van der Waals surface area contributed by atoms with Gasteiger partial charge in [-0.1, -0.05) is 24.3 Å². The molecule has 182 valence electrons. The molecule has 0 fully saturated rings. The molecule has 0 amide bonds. The number of anilines is 2. The molecule has 0 aliphatic carbocycles. The molecular weight excluding hydrogens is 471 g/mol. The van der Waals surface area contributed by atoms with Crippen molar-refractivity contribution in [3.63, 3.8) is 0 Å². The van der Waals surface area contributed by atoms with Crippen molar-refractivity contribution >= 4 is 21.7 Å². The first-order chi connectivity index (χ1) is 15.9. The molecule has 2 aromatic heterocycles. The smallest absolute Gasteiger partial charge is 0.364 e. The summed E-state index contributed by atoms with van der Waals surface area (Å²) in [6.45, 7) is 1.60. The Morgan fingerprint density at radius 2 is 1.76 bits per heavy atom. The first kappa shape index (κ1) is 25.3. The molecule has 1 atom stereocenters. The van der Waals surface area contributed by atoms with E-state index < -0.39 is 27.6 Å². The second-order valence-corrected chi connectivity index (χ2v) is 9.68. The van der Waals surface area contributed by atoms with E-state index >= 15 is 0 Å². The molecule has 34 heavy (non-hydrogen) atoms. The Hall–Kier alpha value is -3.32. The van der Waals surface area contributed by atoms with Crippen LogP contribution in [0.25, 0.3) is 0 Å². The van der Waals surface area contributed by atoms with Gasteiger partial charge in [-0.3, -0.25) is 9.29 Å². The summed E-state index contributed by atoms with van der Waals surface area (Å²) in [6.07, 6.45) is -0.174. The van der Waals surface area contributed by atoms with Gasteiger partial charge in [0.2, 0.25) is 10.0 Å². The van der Waals surface area contributed by atoms with Crippen LogP contribution in [0.3, 0.4) is 0 Å². The van der Waals surface area contributed by atoms with Gasteiger partial charge in [-0.05, 0) is 18.1 Å². The molecule has 1 aromatic carbocycles. The molecule has 0 spiro atoms. The average Bonchev–Trinajstić information content (AvgIpc) is 2.76. The van der Waals surface area contributed by atoms with Crippen LogP contribution in [-0.2, 0) is 29.2 Å². The van der Waals surface area contributed by atoms with Crippen molar-refractivity contribution < 1.29 is 21.6 Å². The molecule has 0 aliphatic heterocycles. The van der Waals surface area contributed by atoms with Gasteiger partial charge >= 0.3 is 6.18 Å². The van der Waals surface area contributed by atoms with E-state index in [1.54, 1.807) is 0 Å². The number of nitrogens with zero attached hydrogens (tertiary/aromatic N) is 5. The normalized spacial score (nSPS) is 12.9. The second kappa shape index (κ2) is 9.89. The van der Waals surface area contributed by atoms with E-state index in [9.17, 15) is 21.6 Å². The summed E-state index contributed by atoms with van der Waals surface area (Å²) in [5.74, 6) is -0.269. The van der Waals surface area contributed by atoms with Crippen LogP contribution in [0.2, 0.25) is 0 Å². The molecule has 3 rings (SSSR count). The predicted molar refractivity (Wildman–Crippen MR) is 121 cm³/mol. The van der Waals surface area contributed by atoms with Crippen LogP contribution in [0, 0.1) is 0 Å². The highest BCUT2D eigenvalue weighted by Gasteiger charge is 2.35. The summed E-state index contributed by atoms with van der Waals surface area (Å²) in [4.78, 5) is 16.0. The van der Waals surface area contributed by atoms with Gasteiger partial charge in [-0.25, -0.2) is 23.4 Å². The maximum atomic E-state index is 13.6. The summed E-state index contributed by atoms with van der Waals surface area (Å²) in [5.41, 5.74) is 6.66. The number of rotatable bonds is 8. The quantitative estimate of drug-likeness (QED) is 0.488. The molecule has 0 aliphatic rings. The summed E-state index contributed by atoms with van der Waals surface area (Å²) in [6, 6.07) is 7.19. The Kier molecular flexibility index (Phi) is 7.36. The summed E-state index contributed by atoms with van der Waals surface area (Å²) in [7, 11) is -2.37. The van der Waals surface area contributed by atoms with Crippen LogP contribution in [0.1, 0.15) is 41.2 Å². The summed E-state index contributed by atoms with van der Waals surface area (Å²) in [5, 5.41) is 2.62. The molecule has 0 radical (unpaired) electrons. The van der Waals surface area contributed by atoms with Crippen molar-refractivity contribution in [3.05, 3.63) is 71.1 Å². The zero-order valence-electron chi connectivity index (χ0n) is 18.7. The van der Waals surface area contributed by atoms with Crippen molar-refractivity contribution in [2.24, 2.45) is 5.73 Å². The Bertz CT molecular complexity index is 1250. The lowest BCUT2D eigenvalue weighted by Crippen LogP contribution is -2.27. The van der Waals surface area contributed by atoms with Crippen LogP contribution in [0.4, 0.5) is 24.8 Å². The van der Waals surface area contributed by atoms with Gasteiger partial charge in [-0.15, -0.1) is 0 Å². The highest BCUT2D eigenvalue weighted by Crippen LogP contribution is 2.34. The SMILES string of the molecule is C[C@H](N)c1ccc(Cc2ncc(C(F)(F)F)c(NCc3nccnc3N(C)S(C)(=O)=O)n2)cc1. The fourth-order valence-electron chi connectivity index (χ4n) is 3.04. The number of benzene rings is 1. The number of halogens is 3. The molecule has 13 heteroatoms. The number of nitrogens with two attached hydrogens (primary N) is 1. The van der Waals surface area contributed by atoms with Crippen LogP contribution in [0.5, 0.6) is 0 Å². The largest absolute Gasteiger partial charge is 0.421 e. The monoisotopic (exact) mass is 495 g/mol. The van der Waals surface area contributed by atoms with Crippen molar-refractivity contribution in [2.75, 3.05) is 22.9 Å². The van der Waals surface area contributed by atoms with Gasteiger partial charge in [0.15, 0.2) is 5.82 Å². The summed E-state index contributed by atoms with van der Waals surface area (Å²) < 4.78 is 65.4. The minimum absolute atomic E-state index is 0.00504. The van der Waals surface area contributed by atoms with E-state index in [2.05, 4.69) is 25.3 Å². The highest BCUT2D eigenvalue weighted by molar-refractivity contribution is 7.92. The van der Waals surface area contributed by atoms with E-state index in [-0.39, 0.29) is 36.3 Å². The van der Waals surface area contributed by atoms with Crippen LogP contribution >= 0.6 is 0 Å². The van der Waals surface area contributed by atoms with E-state index in [0.717, 1.165) is 27.9 Å². The highest BCUT2D eigenvalue weighted by atomic mass is 32.2. The van der Waals surface area contributed by atoms with E-state index in [0.29, 0.717) is 0 Å². The zero-order valence-corrected chi connectivity index (χ0v) is 19.5. The Morgan fingerprint density at radius 1 is 1.12 bits per heavy atom. The van der Waals surface area contributed by atoms with Crippen LogP contribution in [0.15, 0.2) is 42.9 Å². The van der Waals surface area contributed by atoms with Crippen molar-refractivity contribution in [1.29, 1.82) is 0 Å². The van der Waals surface area contributed by atoms with Crippen molar-refractivity contribution in [1.82, 2.24) is 19.9 Å². The molecule has 2 heterocycles. The number of hydrogen-bond acceptors (Lipinski definition) is 8. The van der Waals surface area contributed by atoms with Gasteiger partial charge in [0.05, 0.1) is 12.8 Å². The lowest BCUT2D eigenvalue weighted by molar-refractivity contribution is -0.137. The minimum atomic E-state index is -4.70. The van der Waals surface area contributed by atoms with Gasteiger partial charge in [0.1, 0.15) is 22.9 Å². The third-order valence-corrected chi connectivity index (χ3v) is 6.15. The fraction of sp³-hybridized carbons (Fsp3) is 0.333. The third-order valence-electron chi connectivity index (χ3n) is 4.98. The topological polar surface area (TPSA) is 127 Å². The third kappa shape index (κ3) is 6.17. The lowest BCUT2D eigenvalue weighted by Gasteiger charge is -2.19. The lowest BCUT2D eigenvalue weighted by atomic mass is 10.0. The van der Waals surface area contributed by atoms with Gasteiger partial charge < -0.3 is 11.1 Å². The minimum Gasteiger partial charge on any atom is -0.364 e. The van der Waals surface area contributed by atoms with Crippen LogP contribution in [-0.4, -0.2) is 41.7 Å². The maximum absolute atomic E-state index is 13.6. The average molecular weight is 496 g/mol. The van der Waals surface area contributed by atoms with Crippen LogP contribution < -0.4 is 15.4 Å². The first-order valence-electron chi connectivity index (χ1n) is 10.1. The molecule has 3 aromatic rings. The molecule has 0 saturated heterocycles. The first-order valence-corrected chi connectivity index (χ1v) is 12.0. The van der Waals surface area contributed by atoms with Crippen molar-refractivity contribution in [2.45, 2.75) is 32.1 Å². The molecule has 3 N–H and O–H groups in total. The number of aromatic nitrogens is 4. The van der Waals surface area contributed by atoms with E-state index in [1.807, 2.05) is 31.2 Å². The van der Waals surface area contributed by atoms with Gasteiger partial charge in [0.25, 0.3) is 0 Å². The molecular formula is C21H24F3N7O2S. The number of alkyl halides is 3. The Labute approximate surface area is 195 Å². The molecule has 0 saturated carbocycles. The predicted octanol–water partition coefficient (Wildman–Crippen LogP) is 2.90. The maximum Gasteiger partial charge on any atom is 0.421 e. The number of nitrogens with one attached hydrogen (secondary N) is 1. The molecule has 0 unspecified atom stereocenters. The molecule has 0 bridgehead atoms. The Morgan fingerprint density at radius 3 is 2.35 bits per heavy atom.